The molecule has 0 saturated carbocycles. The SMILES string of the molecule is CNC(=O)Nc1ccc(NC(=O)Cc2ccc(-c3csc(C)n3)cc2)cc1. The molecular weight excluding hydrogens is 360 g/mol. The van der Waals surface area contributed by atoms with Gasteiger partial charge in [0.05, 0.1) is 17.1 Å². The van der Waals surface area contributed by atoms with Gasteiger partial charge in [0.2, 0.25) is 5.91 Å². The van der Waals surface area contributed by atoms with Gasteiger partial charge in [-0.2, -0.15) is 0 Å². The van der Waals surface area contributed by atoms with E-state index in [4.69, 9.17) is 0 Å². The fraction of sp³-hybridized carbons (Fsp3) is 0.150. The maximum absolute atomic E-state index is 12.2. The second kappa shape index (κ2) is 8.46. The van der Waals surface area contributed by atoms with E-state index in [9.17, 15) is 9.59 Å². The Hall–Kier alpha value is -3.19. The van der Waals surface area contributed by atoms with Gasteiger partial charge in [-0.1, -0.05) is 24.3 Å². The van der Waals surface area contributed by atoms with Gasteiger partial charge in [-0.3, -0.25) is 4.79 Å². The molecule has 3 N–H and O–H groups in total. The van der Waals surface area contributed by atoms with Crippen molar-refractivity contribution in [3.05, 3.63) is 64.5 Å². The van der Waals surface area contributed by atoms with Gasteiger partial charge in [0, 0.05) is 29.4 Å². The Balaban J connectivity index is 1.56. The minimum atomic E-state index is -0.289. The van der Waals surface area contributed by atoms with Gasteiger partial charge in [-0.15, -0.1) is 11.3 Å². The van der Waals surface area contributed by atoms with Crippen LogP contribution in [0.2, 0.25) is 0 Å². The van der Waals surface area contributed by atoms with Crippen molar-refractivity contribution in [3.8, 4) is 11.3 Å². The fourth-order valence-electron chi connectivity index (χ4n) is 2.51. The molecule has 0 aliphatic rings. The Morgan fingerprint density at radius 1 is 0.963 bits per heavy atom. The summed E-state index contributed by atoms with van der Waals surface area (Å²) in [5.41, 5.74) is 4.26. The molecule has 7 heteroatoms. The number of nitrogens with zero attached hydrogens (tertiary/aromatic N) is 1. The van der Waals surface area contributed by atoms with Crippen molar-refractivity contribution in [1.29, 1.82) is 0 Å². The molecule has 0 radical (unpaired) electrons. The molecule has 27 heavy (non-hydrogen) atoms. The maximum Gasteiger partial charge on any atom is 0.318 e. The lowest BCUT2D eigenvalue weighted by molar-refractivity contribution is -0.115. The number of urea groups is 1. The largest absolute Gasteiger partial charge is 0.341 e. The normalized spacial score (nSPS) is 10.3. The minimum absolute atomic E-state index is 0.0979. The number of benzene rings is 2. The molecule has 1 aromatic heterocycles. The average molecular weight is 380 g/mol. The highest BCUT2D eigenvalue weighted by atomic mass is 32.1. The summed E-state index contributed by atoms with van der Waals surface area (Å²) in [5, 5.41) is 11.1. The van der Waals surface area contributed by atoms with Gasteiger partial charge in [-0.05, 0) is 36.8 Å². The highest BCUT2D eigenvalue weighted by Crippen LogP contribution is 2.22. The summed E-state index contributed by atoms with van der Waals surface area (Å²) >= 11 is 1.62. The molecule has 3 rings (SSSR count). The summed E-state index contributed by atoms with van der Waals surface area (Å²) in [5.74, 6) is -0.0979. The predicted octanol–water partition coefficient (Wildman–Crippen LogP) is 4.05. The Labute approximate surface area is 161 Å². The minimum Gasteiger partial charge on any atom is -0.341 e. The number of carbonyl (C=O) groups excluding carboxylic acids is 2. The maximum atomic E-state index is 12.2. The van der Waals surface area contributed by atoms with E-state index in [2.05, 4.69) is 20.9 Å². The van der Waals surface area contributed by atoms with Crippen molar-refractivity contribution in [3.63, 3.8) is 0 Å². The standard InChI is InChI=1S/C20H20N4O2S/c1-13-22-18(12-27-13)15-5-3-14(4-6-15)11-19(25)23-16-7-9-17(10-8-16)24-20(26)21-2/h3-10,12H,11H2,1-2H3,(H,23,25)(H2,21,24,26). The zero-order chi connectivity index (χ0) is 19.2. The molecule has 0 atom stereocenters. The van der Waals surface area contributed by atoms with Crippen molar-refractivity contribution in [2.45, 2.75) is 13.3 Å². The van der Waals surface area contributed by atoms with Gasteiger partial charge in [0.15, 0.2) is 0 Å². The molecule has 138 valence electrons. The summed E-state index contributed by atoms with van der Waals surface area (Å²) in [7, 11) is 1.55. The van der Waals surface area contributed by atoms with E-state index in [0.717, 1.165) is 21.8 Å². The second-order valence-electron chi connectivity index (χ2n) is 5.96. The average Bonchev–Trinajstić information content (AvgIpc) is 3.10. The zero-order valence-corrected chi connectivity index (χ0v) is 15.9. The smallest absolute Gasteiger partial charge is 0.318 e. The number of hydrogen-bond donors (Lipinski definition) is 3. The van der Waals surface area contributed by atoms with Crippen LogP contribution in [0.4, 0.5) is 16.2 Å². The highest BCUT2D eigenvalue weighted by molar-refractivity contribution is 7.09. The molecule has 3 amide bonds. The Morgan fingerprint density at radius 2 is 1.59 bits per heavy atom. The van der Waals surface area contributed by atoms with Crippen LogP contribution in [0.25, 0.3) is 11.3 Å². The van der Waals surface area contributed by atoms with Crippen molar-refractivity contribution in [2.24, 2.45) is 0 Å². The van der Waals surface area contributed by atoms with E-state index in [1.54, 1.807) is 42.6 Å². The Morgan fingerprint density at radius 3 is 2.15 bits per heavy atom. The quantitative estimate of drug-likeness (QED) is 0.624. The first kappa shape index (κ1) is 18.6. The molecule has 3 aromatic rings. The van der Waals surface area contributed by atoms with Crippen molar-refractivity contribution in [2.75, 3.05) is 17.7 Å². The number of rotatable bonds is 5. The molecule has 0 unspecified atom stereocenters. The molecule has 2 aromatic carbocycles. The summed E-state index contributed by atoms with van der Waals surface area (Å²) in [6.07, 6.45) is 0.286. The van der Waals surface area contributed by atoms with E-state index in [0.29, 0.717) is 11.4 Å². The number of carbonyl (C=O) groups is 2. The lowest BCUT2D eigenvalue weighted by atomic mass is 10.1. The van der Waals surface area contributed by atoms with Gasteiger partial charge < -0.3 is 16.0 Å². The van der Waals surface area contributed by atoms with Crippen LogP contribution in [0.15, 0.2) is 53.9 Å². The predicted molar refractivity (Wildman–Crippen MR) is 109 cm³/mol. The van der Waals surface area contributed by atoms with E-state index in [1.807, 2.05) is 36.6 Å². The van der Waals surface area contributed by atoms with Crippen LogP contribution in [0.3, 0.4) is 0 Å². The summed E-state index contributed by atoms with van der Waals surface area (Å²) in [6, 6.07) is 14.5. The third-order valence-electron chi connectivity index (χ3n) is 3.89. The van der Waals surface area contributed by atoms with E-state index in [1.165, 1.54) is 0 Å². The van der Waals surface area contributed by atoms with Crippen LogP contribution in [0, 0.1) is 6.92 Å². The fourth-order valence-corrected chi connectivity index (χ4v) is 3.13. The summed E-state index contributed by atoms with van der Waals surface area (Å²) in [4.78, 5) is 28.0. The molecule has 0 saturated heterocycles. The third-order valence-corrected chi connectivity index (χ3v) is 4.66. The number of nitrogens with one attached hydrogen (secondary N) is 3. The van der Waals surface area contributed by atoms with Crippen LogP contribution in [-0.4, -0.2) is 24.0 Å². The molecule has 0 fully saturated rings. The number of aromatic nitrogens is 1. The lowest BCUT2D eigenvalue weighted by Gasteiger charge is -2.08. The van der Waals surface area contributed by atoms with Gasteiger partial charge >= 0.3 is 6.03 Å². The molecule has 0 bridgehead atoms. The number of hydrogen-bond acceptors (Lipinski definition) is 4. The van der Waals surface area contributed by atoms with E-state index >= 15 is 0 Å². The molecule has 1 heterocycles. The lowest BCUT2D eigenvalue weighted by Crippen LogP contribution is -2.24. The van der Waals surface area contributed by atoms with E-state index in [-0.39, 0.29) is 18.4 Å². The van der Waals surface area contributed by atoms with Gasteiger partial charge in [-0.25, -0.2) is 9.78 Å². The molecule has 0 spiro atoms. The highest BCUT2D eigenvalue weighted by Gasteiger charge is 2.07. The zero-order valence-electron chi connectivity index (χ0n) is 15.1. The van der Waals surface area contributed by atoms with E-state index < -0.39 is 0 Å². The molecule has 0 aliphatic heterocycles. The third kappa shape index (κ3) is 5.15. The molecule has 6 nitrogen and oxygen atoms in total. The first-order valence-corrected chi connectivity index (χ1v) is 9.31. The number of aryl methyl sites for hydroxylation is 1. The monoisotopic (exact) mass is 380 g/mol. The Bertz CT molecular complexity index is 933. The van der Waals surface area contributed by atoms with Crippen LogP contribution in [-0.2, 0) is 11.2 Å². The van der Waals surface area contributed by atoms with Crippen LogP contribution in [0.5, 0.6) is 0 Å². The van der Waals surface area contributed by atoms with Crippen LogP contribution in [0.1, 0.15) is 10.6 Å². The first-order valence-electron chi connectivity index (χ1n) is 8.43. The van der Waals surface area contributed by atoms with Crippen molar-refractivity contribution < 1.29 is 9.59 Å². The summed E-state index contributed by atoms with van der Waals surface area (Å²) in [6.45, 7) is 1.98. The van der Waals surface area contributed by atoms with Gasteiger partial charge in [0.1, 0.15) is 0 Å². The first-order chi connectivity index (χ1) is 13.0. The van der Waals surface area contributed by atoms with Crippen molar-refractivity contribution >= 4 is 34.6 Å². The second-order valence-corrected chi connectivity index (χ2v) is 7.02. The van der Waals surface area contributed by atoms with Crippen molar-refractivity contribution in [1.82, 2.24) is 10.3 Å². The topological polar surface area (TPSA) is 83.1 Å². The number of anilines is 2. The molecule has 0 aliphatic carbocycles. The number of amides is 3. The Kier molecular flexibility index (Phi) is 5.83. The van der Waals surface area contributed by atoms with Gasteiger partial charge in [0.25, 0.3) is 0 Å². The number of thiazole rings is 1. The van der Waals surface area contributed by atoms with Crippen LogP contribution < -0.4 is 16.0 Å². The summed E-state index contributed by atoms with van der Waals surface area (Å²) < 4.78 is 0. The van der Waals surface area contributed by atoms with Crippen LogP contribution >= 0.6 is 11.3 Å². The molecular formula is C20H20N4O2S.